The Kier molecular flexibility index (Phi) is 4.33. The van der Waals surface area contributed by atoms with E-state index >= 15 is 0 Å². The summed E-state index contributed by atoms with van der Waals surface area (Å²) in [5.41, 5.74) is 9.05. The Morgan fingerprint density at radius 3 is 2.69 bits per heavy atom. The fourth-order valence-corrected chi connectivity index (χ4v) is 1.51. The maximum Gasteiger partial charge on any atom is 0.122 e. The highest BCUT2D eigenvalue weighted by Gasteiger charge is 2.05. The summed E-state index contributed by atoms with van der Waals surface area (Å²) < 4.78 is 5.64. The smallest absolute Gasteiger partial charge is 0.122 e. The Morgan fingerprint density at radius 2 is 2.06 bits per heavy atom. The quantitative estimate of drug-likeness (QED) is 0.843. The Morgan fingerprint density at radius 1 is 1.38 bits per heavy atom. The number of hydrogen-bond acceptors (Lipinski definition) is 3. The number of ether oxygens (including phenoxy) is 1. The van der Waals surface area contributed by atoms with E-state index in [0.717, 1.165) is 11.3 Å². The first-order valence-electron chi connectivity index (χ1n) is 5.40. The van der Waals surface area contributed by atoms with Gasteiger partial charge in [0.2, 0.25) is 0 Å². The van der Waals surface area contributed by atoms with Crippen LogP contribution in [0.3, 0.4) is 0 Å². The summed E-state index contributed by atoms with van der Waals surface area (Å²) in [7, 11) is 0. The monoisotopic (exact) mass is 218 g/mol. The first kappa shape index (κ1) is 12.5. The molecule has 3 heteroatoms. The molecule has 1 rings (SSSR count). The molecule has 0 saturated carbocycles. The molecule has 0 aromatic heterocycles. The van der Waals surface area contributed by atoms with Crippen molar-refractivity contribution in [2.45, 2.75) is 33.2 Å². The van der Waals surface area contributed by atoms with Gasteiger partial charge in [0.25, 0.3) is 0 Å². The third-order valence-electron chi connectivity index (χ3n) is 2.62. The van der Waals surface area contributed by atoms with E-state index in [-0.39, 0.29) is 0 Å². The minimum atomic E-state index is -0.439. The van der Waals surface area contributed by atoms with Crippen LogP contribution in [0.4, 0.5) is 0 Å². The number of hydrogen-bond donors (Lipinski definition) is 1. The molecule has 2 N–H and O–H groups in total. The third kappa shape index (κ3) is 3.25. The topological polar surface area (TPSA) is 59.0 Å². The second-order valence-corrected chi connectivity index (χ2v) is 4.08. The Bertz CT molecular complexity index is 407. The van der Waals surface area contributed by atoms with Gasteiger partial charge >= 0.3 is 0 Å². The molecule has 0 spiro atoms. The summed E-state index contributed by atoms with van der Waals surface area (Å²) in [6.45, 7) is 6.63. The minimum absolute atomic E-state index is 0.439. The summed E-state index contributed by atoms with van der Waals surface area (Å²) in [5.74, 6) is 0.891. The summed E-state index contributed by atoms with van der Waals surface area (Å²) >= 11 is 0. The van der Waals surface area contributed by atoms with Gasteiger partial charge in [0.05, 0.1) is 18.7 Å². The minimum Gasteiger partial charge on any atom is -0.493 e. The number of nitrogens with two attached hydrogens (primary N) is 1. The maximum absolute atomic E-state index is 8.54. The van der Waals surface area contributed by atoms with E-state index in [0.29, 0.717) is 13.0 Å². The maximum atomic E-state index is 8.54. The van der Waals surface area contributed by atoms with E-state index in [1.54, 1.807) is 0 Å². The molecule has 0 aliphatic heterocycles. The molecule has 0 bridgehead atoms. The molecule has 0 amide bonds. The molecule has 0 aliphatic rings. The lowest BCUT2D eigenvalue weighted by molar-refractivity contribution is 0.304. The number of rotatable bonds is 4. The van der Waals surface area contributed by atoms with E-state index in [9.17, 15) is 0 Å². The fraction of sp³-hybridized carbons (Fsp3) is 0.462. The van der Waals surface area contributed by atoms with Gasteiger partial charge in [-0.15, -0.1) is 0 Å². The van der Waals surface area contributed by atoms with Gasteiger partial charge in [-0.1, -0.05) is 6.07 Å². The number of aryl methyl sites for hydroxylation is 2. The summed E-state index contributed by atoms with van der Waals surface area (Å²) in [6, 6.07) is 5.69. The van der Waals surface area contributed by atoms with E-state index in [1.807, 2.05) is 26.0 Å². The molecule has 0 heterocycles. The van der Waals surface area contributed by atoms with Crippen molar-refractivity contribution in [3.63, 3.8) is 0 Å². The largest absolute Gasteiger partial charge is 0.493 e. The highest BCUT2D eigenvalue weighted by molar-refractivity contribution is 5.41. The van der Waals surface area contributed by atoms with Crippen molar-refractivity contribution >= 4 is 0 Å². The zero-order valence-corrected chi connectivity index (χ0v) is 10.1. The summed E-state index contributed by atoms with van der Waals surface area (Å²) in [5, 5.41) is 8.54. The van der Waals surface area contributed by atoms with Crippen LogP contribution in [-0.2, 0) is 0 Å². The van der Waals surface area contributed by atoms with Gasteiger partial charge in [0.1, 0.15) is 5.75 Å². The number of benzene rings is 1. The van der Waals surface area contributed by atoms with Crippen LogP contribution in [0.2, 0.25) is 0 Å². The van der Waals surface area contributed by atoms with Gasteiger partial charge in [0, 0.05) is 6.42 Å². The lowest BCUT2D eigenvalue weighted by Crippen LogP contribution is -2.20. The number of nitrogens with zero attached hydrogens (tertiary/aromatic N) is 1. The van der Waals surface area contributed by atoms with Crippen LogP contribution >= 0.6 is 0 Å². The van der Waals surface area contributed by atoms with Crippen molar-refractivity contribution in [3.05, 3.63) is 28.8 Å². The van der Waals surface area contributed by atoms with Gasteiger partial charge in [-0.25, -0.2) is 0 Å². The van der Waals surface area contributed by atoms with E-state index in [4.69, 9.17) is 15.7 Å². The molecule has 0 fully saturated rings. The van der Waals surface area contributed by atoms with Crippen LogP contribution in [0.25, 0.3) is 0 Å². The molecule has 16 heavy (non-hydrogen) atoms. The van der Waals surface area contributed by atoms with E-state index in [1.165, 1.54) is 11.1 Å². The van der Waals surface area contributed by atoms with E-state index in [2.05, 4.69) is 13.0 Å². The second kappa shape index (κ2) is 5.53. The molecule has 0 aliphatic carbocycles. The van der Waals surface area contributed by atoms with Crippen molar-refractivity contribution in [2.75, 3.05) is 6.61 Å². The highest BCUT2D eigenvalue weighted by atomic mass is 16.5. The highest BCUT2D eigenvalue weighted by Crippen LogP contribution is 2.23. The Labute approximate surface area is 96.8 Å². The molecule has 86 valence electrons. The summed E-state index contributed by atoms with van der Waals surface area (Å²) in [6.07, 6.45) is 0.558. The zero-order chi connectivity index (χ0) is 12.1. The predicted molar refractivity (Wildman–Crippen MR) is 64.4 cm³/mol. The van der Waals surface area contributed by atoms with Gasteiger partial charge in [-0.2, -0.15) is 5.26 Å². The molecular weight excluding hydrogens is 200 g/mol. The fourth-order valence-electron chi connectivity index (χ4n) is 1.51. The summed E-state index contributed by atoms with van der Waals surface area (Å²) in [4.78, 5) is 0. The van der Waals surface area contributed by atoms with Crippen molar-refractivity contribution in [2.24, 2.45) is 5.73 Å². The standard InChI is InChI=1S/C13H18N2O/c1-9-6-10(2)11(3)13(7-9)16-5-4-12(15)8-14/h6-7,12H,4-5,15H2,1-3H3. The van der Waals surface area contributed by atoms with Crippen LogP contribution in [0.15, 0.2) is 12.1 Å². The average molecular weight is 218 g/mol. The van der Waals surface area contributed by atoms with Gasteiger partial charge in [-0.3, -0.25) is 0 Å². The Hall–Kier alpha value is -1.53. The van der Waals surface area contributed by atoms with Crippen LogP contribution < -0.4 is 10.5 Å². The third-order valence-corrected chi connectivity index (χ3v) is 2.62. The van der Waals surface area contributed by atoms with Crippen LogP contribution in [0.5, 0.6) is 5.75 Å². The molecule has 1 aromatic rings. The van der Waals surface area contributed by atoms with Gasteiger partial charge < -0.3 is 10.5 Å². The van der Waals surface area contributed by atoms with Crippen LogP contribution in [0, 0.1) is 32.1 Å². The van der Waals surface area contributed by atoms with Crippen molar-refractivity contribution < 1.29 is 4.74 Å². The SMILES string of the molecule is Cc1cc(C)c(C)c(OCCC(N)C#N)c1. The normalized spacial score (nSPS) is 11.9. The van der Waals surface area contributed by atoms with Gasteiger partial charge in [-0.05, 0) is 43.5 Å². The molecule has 3 nitrogen and oxygen atoms in total. The number of nitriles is 1. The first-order chi connectivity index (χ1) is 7.54. The second-order valence-electron chi connectivity index (χ2n) is 4.08. The van der Waals surface area contributed by atoms with Crippen LogP contribution in [-0.4, -0.2) is 12.6 Å². The molecule has 0 saturated heterocycles. The molecular formula is C13H18N2O. The molecule has 1 unspecified atom stereocenters. The molecule has 1 aromatic carbocycles. The van der Waals surface area contributed by atoms with Gasteiger partial charge in [0.15, 0.2) is 0 Å². The van der Waals surface area contributed by atoms with Crippen LogP contribution in [0.1, 0.15) is 23.1 Å². The molecule has 0 radical (unpaired) electrons. The first-order valence-corrected chi connectivity index (χ1v) is 5.40. The van der Waals surface area contributed by atoms with Crippen molar-refractivity contribution in [1.29, 1.82) is 5.26 Å². The van der Waals surface area contributed by atoms with Crippen molar-refractivity contribution in [1.82, 2.24) is 0 Å². The molecule has 1 atom stereocenters. The predicted octanol–water partition coefficient (Wildman–Crippen LogP) is 2.23. The lowest BCUT2D eigenvalue weighted by atomic mass is 10.1. The lowest BCUT2D eigenvalue weighted by Gasteiger charge is -2.12. The van der Waals surface area contributed by atoms with E-state index < -0.39 is 6.04 Å². The average Bonchev–Trinajstić information content (AvgIpc) is 2.24. The zero-order valence-electron chi connectivity index (χ0n) is 10.1. The van der Waals surface area contributed by atoms with Crippen molar-refractivity contribution in [3.8, 4) is 11.8 Å². The Balaban J connectivity index is 2.64.